The Morgan fingerprint density at radius 3 is 3.10 bits per heavy atom. The molecule has 1 amide bonds. The summed E-state index contributed by atoms with van der Waals surface area (Å²) in [4.78, 5) is 13.8. The molecule has 0 bridgehead atoms. The van der Waals surface area contributed by atoms with Crippen LogP contribution in [0, 0.1) is 22.7 Å². The van der Waals surface area contributed by atoms with Crippen molar-refractivity contribution in [2.24, 2.45) is 0 Å². The molecular formula is C14H15N5O. The number of hydrogen-bond donors (Lipinski definition) is 2. The van der Waals surface area contributed by atoms with Crippen molar-refractivity contribution in [3.8, 4) is 12.1 Å². The number of anilines is 1. The second-order valence-electron chi connectivity index (χ2n) is 4.56. The Hall–Kier alpha value is -2.41. The zero-order valence-corrected chi connectivity index (χ0v) is 11.0. The highest BCUT2D eigenvalue weighted by atomic mass is 16.2. The third-order valence-corrected chi connectivity index (χ3v) is 3.13. The summed E-state index contributed by atoms with van der Waals surface area (Å²) in [5.74, 6) is -0.178. The van der Waals surface area contributed by atoms with Gasteiger partial charge in [0.05, 0.1) is 24.2 Å². The summed E-state index contributed by atoms with van der Waals surface area (Å²) in [6, 6.07) is 10.7. The van der Waals surface area contributed by atoms with Gasteiger partial charge in [-0.05, 0) is 18.2 Å². The number of rotatable bonds is 3. The smallest absolute Gasteiger partial charge is 0.238 e. The number of nitrogens with zero attached hydrogens (tertiary/aromatic N) is 3. The predicted molar refractivity (Wildman–Crippen MR) is 73.6 cm³/mol. The Morgan fingerprint density at radius 2 is 2.35 bits per heavy atom. The summed E-state index contributed by atoms with van der Waals surface area (Å²) in [6.45, 7) is 2.20. The van der Waals surface area contributed by atoms with Crippen LogP contribution in [0.4, 0.5) is 5.69 Å². The summed E-state index contributed by atoms with van der Waals surface area (Å²) in [5.41, 5.74) is 1.09. The lowest BCUT2D eigenvalue weighted by Gasteiger charge is -2.31. The molecule has 1 aromatic carbocycles. The molecule has 1 aliphatic rings. The van der Waals surface area contributed by atoms with E-state index in [2.05, 4.69) is 16.7 Å². The van der Waals surface area contributed by atoms with E-state index in [4.69, 9.17) is 10.5 Å². The van der Waals surface area contributed by atoms with Crippen molar-refractivity contribution >= 4 is 11.6 Å². The van der Waals surface area contributed by atoms with Gasteiger partial charge in [-0.2, -0.15) is 10.5 Å². The molecule has 1 unspecified atom stereocenters. The second-order valence-corrected chi connectivity index (χ2v) is 4.56. The molecule has 0 aromatic heterocycles. The maximum atomic E-state index is 12.0. The average Bonchev–Trinajstić information content (AvgIpc) is 2.48. The highest BCUT2D eigenvalue weighted by Gasteiger charge is 2.23. The van der Waals surface area contributed by atoms with E-state index in [9.17, 15) is 4.79 Å². The number of benzene rings is 1. The predicted octanol–water partition coefficient (Wildman–Crippen LogP) is 0.294. The van der Waals surface area contributed by atoms with Crippen molar-refractivity contribution in [3.05, 3.63) is 29.8 Å². The molecule has 0 spiro atoms. The van der Waals surface area contributed by atoms with Crippen LogP contribution in [0.5, 0.6) is 0 Å². The van der Waals surface area contributed by atoms with Crippen LogP contribution in [0.3, 0.4) is 0 Å². The lowest BCUT2D eigenvalue weighted by Crippen LogP contribution is -2.52. The molecule has 2 rings (SSSR count). The third-order valence-electron chi connectivity index (χ3n) is 3.13. The van der Waals surface area contributed by atoms with Crippen LogP contribution in [0.25, 0.3) is 0 Å². The number of carbonyl (C=O) groups is 1. The standard InChI is InChI=1S/C14H15N5O/c15-7-11-2-1-3-12(6-11)18-14(20)10-19-5-4-17-9-13(19)8-16/h1-3,6,13,17H,4-5,9-10H2,(H,18,20). The SMILES string of the molecule is N#Cc1cccc(NC(=O)CN2CCNCC2C#N)c1. The third kappa shape index (κ3) is 3.55. The minimum atomic E-state index is -0.278. The molecule has 1 aromatic rings. The number of hydrogen-bond acceptors (Lipinski definition) is 5. The summed E-state index contributed by atoms with van der Waals surface area (Å²) in [6.07, 6.45) is 0. The average molecular weight is 269 g/mol. The van der Waals surface area contributed by atoms with E-state index in [1.54, 1.807) is 24.3 Å². The van der Waals surface area contributed by atoms with Crippen molar-refractivity contribution < 1.29 is 4.79 Å². The number of carbonyl (C=O) groups excluding carboxylic acids is 1. The quantitative estimate of drug-likeness (QED) is 0.823. The van der Waals surface area contributed by atoms with E-state index in [1.807, 2.05) is 11.0 Å². The Bertz CT molecular complexity index is 572. The van der Waals surface area contributed by atoms with Gasteiger partial charge in [-0.25, -0.2) is 0 Å². The fourth-order valence-electron chi connectivity index (χ4n) is 2.11. The van der Waals surface area contributed by atoms with Crippen LogP contribution in [0.2, 0.25) is 0 Å². The van der Waals surface area contributed by atoms with Crippen LogP contribution in [-0.2, 0) is 4.79 Å². The Labute approximate surface area is 117 Å². The lowest BCUT2D eigenvalue weighted by atomic mass is 10.2. The molecule has 1 saturated heterocycles. The molecule has 6 heteroatoms. The maximum Gasteiger partial charge on any atom is 0.238 e. The van der Waals surface area contributed by atoms with E-state index < -0.39 is 0 Å². The zero-order chi connectivity index (χ0) is 14.4. The fourth-order valence-corrected chi connectivity index (χ4v) is 2.11. The van der Waals surface area contributed by atoms with E-state index in [0.29, 0.717) is 24.3 Å². The number of nitrogens with one attached hydrogen (secondary N) is 2. The summed E-state index contributed by atoms with van der Waals surface area (Å²) < 4.78 is 0. The zero-order valence-electron chi connectivity index (χ0n) is 11.0. The molecule has 1 fully saturated rings. The van der Waals surface area contributed by atoms with Crippen molar-refractivity contribution in [1.82, 2.24) is 10.2 Å². The first-order valence-electron chi connectivity index (χ1n) is 6.37. The van der Waals surface area contributed by atoms with Crippen LogP contribution in [0.1, 0.15) is 5.56 Å². The summed E-state index contributed by atoms with van der Waals surface area (Å²) >= 11 is 0. The highest BCUT2D eigenvalue weighted by molar-refractivity contribution is 5.92. The normalized spacial score (nSPS) is 18.8. The van der Waals surface area contributed by atoms with Crippen molar-refractivity contribution in [3.63, 3.8) is 0 Å². The Morgan fingerprint density at radius 1 is 1.50 bits per heavy atom. The molecule has 0 saturated carbocycles. The molecule has 0 radical (unpaired) electrons. The van der Waals surface area contributed by atoms with Gasteiger partial charge in [-0.1, -0.05) is 6.07 Å². The minimum absolute atomic E-state index is 0.177. The molecule has 6 nitrogen and oxygen atoms in total. The summed E-state index contributed by atoms with van der Waals surface area (Å²) in [7, 11) is 0. The lowest BCUT2D eigenvalue weighted by molar-refractivity contribution is -0.117. The van der Waals surface area contributed by atoms with Crippen LogP contribution in [0.15, 0.2) is 24.3 Å². The maximum absolute atomic E-state index is 12.0. The number of amides is 1. The number of nitriles is 2. The molecular weight excluding hydrogens is 254 g/mol. The van der Waals surface area contributed by atoms with Gasteiger partial charge < -0.3 is 10.6 Å². The van der Waals surface area contributed by atoms with Gasteiger partial charge in [-0.3, -0.25) is 9.69 Å². The van der Waals surface area contributed by atoms with Crippen molar-refractivity contribution in [1.29, 1.82) is 10.5 Å². The van der Waals surface area contributed by atoms with Crippen LogP contribution in [-0.4, -0.2) is 43.0 Å². The van der Waals surface area contributed by atoms with E-state index in [0.717, 1.165) is 6.54 Å². The van der Waals surface area contributed by atoms with E-state index in [1.165, 1.54) is 0 Å². The Balaban J connectivity index is 1.95. The molecule has 1 atom stereocenters. The highest BCUT2D eigenvalue weighted by Crippen LogP contribution is 2.10. The molecule has 102 valence electrons. The molecule has 1 aliphatic heterocycles. The van der Waals surface area contributed by atoms with Crippen molar-refractivity contribution in [2.45, 2.75) is 6.04 Å². The first-order chi connectivity index (χ1) is 9.72. The van der Waals surface area contributed by atoms with Gasteiger partial charge in [0, 0.05) is 25.3 Å². The van der Waals surface area contributed by atoms with Gasteiger partial charge in [0.15, 0.2) is 0 Å². The topological polar surface area (TPSA) is 91.9 Å². The fraction of sp³-hybridized carbons (Fsp3) is 0.357. The van der Waals surface area contributed by atoms with Gasteiger partial charge in [0.2, 0.25) is 5.91 Å². The Kier molecular flexibility index (Phi) is 4.67. The minimum Gasteiger partial charge on any atom is -0.325 e. The van der Waals surface area contributed by atoms with Gasteiger partial charge in [0.1, 0.15) is 6.04 Å². The van der Waals surface area contributed by atoms with E-state index >= 15 is 0 Å². The summed E-state index contributed by atoms with van der Waals surface area (Å²) in [5, 5.41) is 23.7. The monoisotopic (exact) mass is 269 g/mol. The molecule has 2 N–H and O–H groups in total. The largest absolute Gasteiger partial charge is 0.325 e. The van der Waals surface area contributed by atoms with Crippen LogP contribution >= 0.6 is 0 Å². The molecule has 20 heavy (non-hydrogen) atoms. The van der Waals surface area contributed by atoms with Crippen LogP contribution < -0.4 is 10.6 Å². The van der Waals surface area contributed by atoms with Gasteiger partial charge in [0.25, 0.3) is 0 Å². The molecule has 1 heterocycles. The second kappa shape index (κ2) is 6.67. The first-order valence-corrected chi connectivity index (χ1v) is 6.37. The van der Waals surface area contributed by atoms with Gasteiger partial charge in [-0.15, -0.1) is 0 Å². The first kappa shape index (κ1) is 14.0. The number of piperazine rings is 1. The van der Waals surface area contributed by atoms with E-state index in [-0.39, 0.29) is 18.5 Å². The van der Waals surface area contributed by atoms with Gasteiger partial charge >= 0.3 is 0 Å². The van der Waals surface area contributed by atoms with Crippen molar-refractivity contribution in [2.75, 3.05) is 31.5 Å². The molecule has 0 aliphatic carbocycles.